The quantitative estimate of drug-likeness (QED) is 0.706. The number of para-hydroxylation sites is 1. The lowest BCUT2D eigenvalue weighted by molar-refractivity contribution is 0.0660. The summed E-state index contributed by atoms with van der Waals surface area (Å²) < 4.78 is 15.7. The number of carbonyl (C=O) groups excluding carboxylic acids is 1. The number of carboxylic acids is 1. The standard InChI is InChI=1S/C16H16ClNO6/c1-2-22-8-9-23-14-10(17)4-3-5-11(14)18-15(19)12-6-7-13(24-12)16(20)21/h3-7H,2,8-9H2,1H3,(H,18,19)(H,20,21). The third-order valence-corrected chi connectivity index (χ3v) is 3.23. The predicted octanol–water partition coefficient (Wildman–Crippen LogP) is 3.30. The highest BCUT2D eigenvalue weighted by molar-refractivity contribution is 6.32. The van der Waals surface area contributed by atoms with Crippen molar-refractivity contribution in [1.29, 1.82) is 0 Å². The van der Waals surface area contributed by atoms with Gasteiger partial charge >= 0.3 is 5.97 Å². The smallest absolute Gasteiger partial charge is 0.371 e. The largest absolute Gasteiger partial charge is 0.487 e. The van der Waals surface area contributed by atoms with E-state index in [1.54, 1.807) is 18.2 Å². The fraction of sp³-hybridized carbons (Fsp3) is 0.250. The molecule has 8 heteroatoms. The number of benzene rings is 1. The van der Waals surface area contributed by atoms with Gasteiger partial charge in [0.05, 0.1) is 17.3 Å². The van der Waals surface area contributed by atoms with Crippen LogP contribution in [0, 0.1) is 0 Å². The van der Waals surface area contributed by atoms with Crippen LogP contribution in [0.3, 0.4) is 0 Å². The van der Waals surface area contributed by atoms with Gasteiger partial charge in [-0.1, -0.05) is 17.7 Å². The van der Waals surface area contributed by atoms with E-state index in [0.717, 1.165) is 0 Å². The van der Waals surface area contributed by atoms with Gasteiger partial charge in [0.1, 0.15) is 6.61 Å². The van der Waals surface area contributed by atoms with Crippen molar-refractivity contribution < 1.29 is 28.6 Å². The molecular weight excluding hydrogens is 338 g/mol. The van der Waals surface area contributed by atoms with Gasteiger partial charge in [-0.25, -0.2) is 4.79 Å². The van der Waals surface area contributed by atoms with Gasteiger partial charge in [0.2, 0.25) is 5.76 Å². The molecule has 0 bridgehead atoms. The van der Waals surface area contributed by atoms with Crippen LogP contribution in [0.1, 0.15) is 28.0 Å². The molecule has 0 aliphatic carbocycles. The van der Waals surface area contributed by atoms with Crippen LogP contribution in [-0.4, -0.2) is 36.8 Å². The number of furan rings is 1. The van der Waals surface area contributed by atoms with E-state index in [-0.39, 0.29) is 18.1 Å². The molecule has 0 aliphatic heterocycles. The van der Waals surface area contributed by atoms with E-state index in [1.807, 2.05) is 6.92 Å². The second-order valence-electron chi connectivity index (χ2n) is 4.59. The highest BCUT2D eigenvalue weighted by atomic mass is 35.5. The van der Waals surface area contributed by atoms with Gasteiger partial charge in [-0.15, -0.1) is 0 Å². The van der Waals surface area contributed by atoms with Gasteiger partial charge in [-0.3, -0.25) is 4.79 Å². The molecule has 0 radical (unpaired) electrons. The first-order valence-electron chi connectivity index (χ1n) is 7.16. The molecule has 1 aromatic carbocycles. The minimum atomic E-state index is -1.25. The number of amides is 1. The molecule has 0 aliphatic rings. The average molecular weight is 354 g/mol. The Morgan fingerprint density at radius 3 is 2.62 bits per heavy atom. The highest BCUT2D eigenvalue weighted by Gasteiger charge is 2.17. The number of ether oxygens (including phenoxy) is 2. The van der Waals surface area contributed by atoms with E-state index in [2.05, 4.69) is 5.32 Å². The molecule has 0 saturated heterocycles. The van der Waals surface area contributed by atoms with Crippen molar-refractivity contribution in [2.75, 3.05) is 25.1 Å². The average Bonchev–Trinajstić information content (AvgIpc) is 3.04. The van der Waals surface area contributed by atoms with Crippen LogP contribution in [0.15, 0.2) is 34.7 Å². The number of aromatic carboxylic acids is 1. The molecule has 7 nitrogen and oxygen atoms in total. The van der Waals surface area contributed by atoms with E-state index in [0.29, 0.717) is 29.7 Å². The van der Waals surface area contributed by atoms with Gasteiger partial charge < -0.3 is 24.3 Å². The molecule has 2 aromatic rings. The summed E-state index contributed by atoms with van der Waals surface area (Å²) in [5.74, 6) is -2.01. The van der Waals surface area contributed by atoms with E-state index in [9.17, 15) is 9.59 Å². The molecule has 2 rings (SSSR count). The van der Waals surface area contributed by atoms with Gasteiger partial charge in [0.15, 0.2) is 11.5 Å². The van der Waals surface area contributed by atoms with Crippen molar-refractivity contribution in [3.8, 4) is 5.75 Å². The number of halogens is 1. The lowest BCUT2D eigenvalue weighted by atomic mass is 10.2. The molecule has 0 spiro atoms. The molecule has 1 amide bonds. The number of nitrogens with one attached hydrogen (secondary N) is 1. The first-order valence-corrected chi connectivity index (χ1v) is 7.54. The summed E-state index contributed by atoms with van der Waals surface area (Å²) >= 11 is 6.10. The number of carbonyl (C=O) groups is 2. The van der Waals surface area contributed by atoms with Crippen molar-refractivity contribution >= 4 is 29.2 Å². The number of hydrogen-bond donors (Lipinski definition) is 2. The molecule has 0 fully saturated rings. The summed E-state index contributed by atoms with van der Waals surface area (Å²) in [6.07, 6.45) is 0. The van der Waals surface area contributed by atoms with Gasteiger partial charge in [-0.2, -0.15) is 0 Å². The molecule has 128 valence electrons. The lowest BCUT2D eigenvalue weighted by Crippen LogP contribution is -2.13. The summed E-state index contributed by atoms with van der Waals surface area (Å²) in [4.78, 5) is 23.0. The van der Waals surface area contributed by atoms with Crippen LogP contribution in [0.5, 0.6) is 5.75 Å². The number of rotatable bonds is 8. The zero-order valence-electron chi connectivity index (χ0n) is 12.9. The van der Waals surface area contributed by atoms with Crippen LogP contribution in [0.4, 0.5) is 5.69 Å². The van der Waals surface area contributed by atoms with E-state index >= 15 is 0 Å². The predicted molar refractivity (Wildman–Crippen MR) is 87.1 cm³/mol. The van der Waals surface area contributed by atoms with E-state index < -0.39 is 11.9 Å². The third-order valence-electron chi connectivity index (χ3n) is 2.93. The Hall–Kier alpha value is -2.51. The van der Waals surface area contributed by atoms with Crippen molar-refractivity contribution in [3.63, 3.8) is 0 Å². The fourth-order valence-electron chi connectivity index (χ4n) is 1.86. The topological polar surface area (TPSA) is 98.0 Å². The monoisotopic (exact) mass is 353 g/mol. The Balaban J connectivity index is 2.11. The lowest BCUT2D eigenvalue weighted by Gasteiger charge is -2.13. The molecular formula is C16H16ClNO6. The Kier molecular flexibility index (Phi) is 6.22. The Labute approximate surface area is 143 Å². The van der Waals surface area contributed by atoms with Crippen LogP contribution >= 0.6 is 11.6 Å². The van der Waals surface area contributed by atoms with E-state index in [1.165, 1.54) is 12.1 Å². The van der Waals surface area contributed by atoms with Crippen molar-refractivity contribution in [1.82, 2.24) is 0 Å². The third kappa shape index (κ3) is 4.50. The van der Waals surface area contributed by atoms with Crippen molar-refractivity contribution in [2.45, 2.75) is 6.92 Å². The second kappa shape index (κ2) is 8.37. The van der Waals surface area contributed by atoms with Crippen LogP contribution in [0.2, 0.25) is 5.02 Å². The summed E-state index contributed by atoms with van der Waals surface area (Å²) in [5.41, 5.74) is 0.345. The zero-order valence-corrected chi connectivity index (χ0v) is 13.6. The Morgan fingerprint density at radius 2 is 1.96 bits per heavy atom. The summed E-state index contributed by atoms with van der Waals surface area (Å²) in [6.45, 7) is 3.09. The maximum atomic E-state index is 12.2. The van der Waals surface area contributed by atoms with Crippen molar-refractivity contribution in [2.24, 2.45) is 0 Å². The van der Waals surface area contributed by atoms with Crippen LogP contribution in [0.25, 0.3) is 0 Å². The summed E-state index contributed by atoms with van der Waals surface area (Å²) in [6, 6.07) is 7.37. The fourth-order valence-corrected chi connectivity index (χ4v) is 2.09. The normalized spacial score (nSPS) is 10.4. The zero-order chi connectivity index (χ0) is 17.5. The maximum Gasteiger partial charge on any atom is 0.371 e. The minimum absolute atomic E-state index is 0.132. The summed E-state index contributed by atoms with van der Waals surface area (Å²) in [7, 11) is 0. The molecule has 0 atom stereocenters. The first-order chi connectivity index (χ1) is 11.5. The Bertz CT molecular complexity index is 727. The van der Waals surface area contributed by atoms with E-state index in [4.69, 9.17) is 30.6 Å². The molecule has 24 heavy (non-hydrogen) atoms. The highest BCUT2D eigenvalue weighted by Crippen LogP contribution is 2.33. The first kappa shape index (κ1) is 17.8. The minimum Gasteiger partial charge on any atom is -0.487 e. The Morgan fingerprint density at radius 1 is 1.21 bits per heavy atom. The number of carboxylic acid groups (broad SMARTS) is 1. The SMILES string of the molecule is CCOCCOc1c(Cl)cccc1NC(=O)c1ccc(C(=O)O)o1. The molecule has 0 unspecified atom stereocenters. The molecule has 1 aromatic heterocycles. The maximum absolute atomic E-state index is 12.2. The van der Waals surface area contributed by atoms with Gasteiger partial charge in [0.25, 0.3) is 5.91 Å². The molecule has 1 heterocycles. The summed E-state index contributed by atoms with van der Waals surface area (Å²) in [5, 5.41) is 11.7. The van der Waals surface area contributed by atoms with Gasteiger partial charge in [-0.05, 0) is 31.2 Å². The van der Waals surface area contributed by atoms with Crippen molar-refractivity contribution in [3.05, 3.63) is 46.9 Å². The number of anilines is 1. The van der Waals surface area contributed by atoms with Gasteiger partial charge in [0, 0.05) is 6.61 Å². The second-order valence-corrected chi connectivity index (χ2v) is 4.99. The number of hydrogen-bond acceptors (Lipinski definition) is 5. The van der Waals surface area contributed by atoms with Crippen LogP contribution < -0.4 is 10.1 Å². The molecule has 0 saturated carbocycles. The molecule has 2 N–H and O–H groups in total. The van der Waals surface area contributed by atoms with Crippen LogP contribution in [-0.2, 0) is 4.74 Å².